The van der Waals surface area contributed by atoms with Crippen molar-refractivity contribution in [2.75, 3.05) is 11.9 Å². The number of aromatic nitrogens is 1. The van der Waals surface area contributed by atoms with Crippen molar-refractivity contribution in [3.05, 3.63) is 83.5 Å². The molecule has 0 saturated carbocycles. The third-order valence-corrected chi connectivity index (χ3v) is 7.04. The predicted octanol–water partition coefficient (Wildman–Crippen LogP) is 8.42. The van der Waals surface area contributed by atoms with Crippen molar-refractivity contribution in [1.82, 2.24) is 10.3 Å². The molecule has 2 N–H and O–H groups in total. The Kier molecular flexibility index (Phi) is 17.1. The number of aryl methyl sites for hydroxylation is 1. The first-order chi connectivity index (χ1) is 18.2. The lowest BCUT2D eigenvalue weighted by molar-refractivity contribution is -0.116. The minimum absolute atomic E-state index is 0.0475. The van der Waals surface area contributed by atoms with Gasteiger partial charge in [0.1, 0.15) is 0 Å². The Morgan fingerprint density at radius 3 is 2.00 bits per heavy atom. The van der Waals surface area contributed by atoms with Crippen molar-refractivity contribution in [3.8, 4) is 0 Å². The van der Waals surface area contributed by atoms with Crippen LogP contribution < -0.4 is 10.6 Å². The molecule has 2 rings (SSSR count). The van der Waals surface area contributed by atoms with Crippen LogP contribution in [0.25, 0.3) is 0 Å². The number of hydrogen-bond donors (Lipinski definition) is 2. The summed E-state index contributed by atoms with van der Waals surface area (Å²) in [6, 6.07) is 0.546. The van der Waals surface area contributed by atoms with Gasteiger partial charge in [-0.15, -0.1) is 11.3 Å². The highest BCUT2D eigenvalue weighted by Gasteiger charge is 2.22. The van der Waals surface area contributed by atoms with Gasteiger partial charge in [-0.2, -0.15) is 0 Å². The number of nitrogens with zero attached hydrogens (tertiary/aromatic N) is 1. The van der Waals surface area contributed by atoms with Crippen LogP contribution in [-0.4, -0.2) is 23.5 Å². The number of carbonyl (C=O) groups is 1. The molecule has 0 spiro atoms. The summed E-state index contributed by atoms with van der Waals surface area (Å²) in [5.74, 6) is 0.0475. The van der Waals surface area contributed by atoms with Crippen molar-refractivity contribution < 1.29 is 4.79 Å². The predicted molar refractivity (Wildman–Crippen MR) is 162 cm³/mol. The number of allylic oxidation sites excluding steroid dienone is 12. The maximum atomic E-state index is 12.3. The van der Waals surface area contributed by atoms with Crippen LogP contribution in [0.1, 0.15) is 88.6 Å². The van der Waals surface area contributed by atoms with Gasteiger partial charge in [0, 0.05) is 17.3 Å². The second-order valence-electron chi connectivity index (χ2n) is 9.28. The molecule has 0 bridgehead atoms. The lowest BCUT2D eigenvalue weighted by Crippen LogP contribution is -2.34. The zero-order chi connectivity index (χ0) is 26.4. The fraction of sp³-hybridized carbons (Fsp3) is 0.500. The Labute approximate surface area is 229 Å². The van der Waals surface area contributed by atoms with Crippen LogP contribution in [-0.2, 0) is 17.6 Å². The molecule has 0 aromatic carbocycles. The molecule has 1 heterocycles. The van der Waals surface area contributed by atoms with Gasteiger partial charge in [-0.1, -0.05) is 86.8 Å². The van der Waals surface area contributed by atoms with Crippen molar-refractivity contribution in [3.63, 3.8) is 0 Å². The summed E-state index contributed by atoms with van der Waals surface area (Å²) in [6.45, 7) is 5.42. The smallest absolute Gasteiger partial charge is 0.226 e. The Bertz CT molecular complexity index is 936. The third kappa shape index (κ3) is 14.7. The van der Waals surface area contributed by atoms with E-state index in [1.165, 1.54) is 10.6 Å². The normalized spacial score (nSPS) is 16.4. The third-order valence-electron chi connectivity index (χ3n) is 6.00. The molecule has 1 aromatic rings. The number of amides is 1. The fourth-order valence-electron chi connectivity index (χ4n) is 3.99. The Balaban J connectivity index is 1.50. The van der Waals surface area contributed by atoms with Gasteiger partial charge in [-0.05, 0) is 77.2 Å². The number of hydrogen-bond acceptors (Lipinski definition) is 4. The number of fused-ring (bicyclic) bond motifs is 1. The molecule has 1 atom stereocenters. The van der Waals surface area contributed by atoms with E-state index in [1.807, 2.05) is 0 Å². The van der Waals surface area contributed by atoms with Gasteiger partial charge < -0.3 is 10.6 Å². The van der Waals surface area contributed by atoms with Crippen molar-refractivity contribution in [1.29, 1.82) is 0 Å². The molecular weight excluding hydrogens is 474 g/mol. The van der Waals surface area contributed by atoms with Gasteiger partial charge in [0.05, 0.1) is 5.69 Å². The molecule has 0 fully saturated rings. The molecule has 1 aromatic heterocycles. The number of thiazole rings is 1. The molecule has 0 radical (unpaired) electrons. The van der Waals surface area contributed by atoms with Crippen LogP contribution in [0.5, 0.6) is 0 Å². The lowest BCUT2D eigenvalue weighted by atomic mass is 9.98. The van der Waals surface area contributed by atoms with E-state index in [0.717, 1.165) is 82.3 Å². The minimum Gasteiger partial charge on any atom is -0.314 e. The van der Waals surface area contributed by atoms with E-state index < -0.39 is 0 Å². The lowest BCUT2D eigenvalue weighted by Gasteiger charge is -2.21. The van der Waals surface area contributed by atoms with Crippen molar-refractivity contribution >= 4 is 22.4 Å². The minimum atomic E-state index is 0.0475. The molecule has 0 aliphatic heterocycles. The van der Waals surface area contributed by atoms with Gasteiger partial charge in [-0.25, -0.2) is 4.98 Å². The van der Waals surface area contributed by atoms with E-state index >= 15 is 0 Å². The van der Waals surface area contributed by atoms with E-state index in [9.17, 15) is 4.79 Å². The van der Waals surface area contributed by atoms with E-state index in [-0.39, 0.29) is 5.91 Å². The summed E-state index contributed by atoms with van der Waals surface area (Å²) in [7, 11) is 0. The number of carbonyl (C=O) groups excluding carboxylic acids is 1. The van der Waals surface area contributed by atoms with Gasteiger partial charge in [-0.3, -0.25) is 4.79 Å². The van der Waals surface area contributed by atoms with Crippen LogP contribution in [0.3, 0.4) is 0 Å². The standard InChI is InChI=1S/C32H47N3OS/c1-3-5-6-7-8-9-10-11-12-13-14-15-16-17-18-19-20-21-22-23-31(36)35-32-34-29-25-24-28(33-26-4-2)27-30(29)37-32/h5-6,8-9,11-12,14-15,17-18,20-21,28,33H,3-4,7,10,13,16,19,22-27H2,1-2H3,(H,34,35,36)/t28-/m1/s1. The van der Waals surface area contributed by atoms with Gasteiger partial charge in [0.25, 0.3) is 0 Å². The first kappa shape index (κ1) is 30.7. The quantitative estimate of drug-likeness (QED) is 0.191. The van der Waals surface area contributed by atoms with Crippen LogP contribution in [0.4, 0.5) is 5.13 Å². The van der Waals surface area contributed by atoms with E-state index in [4.69, 9.17) is 0 Å². The molecule has 1 amide bonds. The average molecular weight is 522 g/mol. The van der Waals surface area contributed by atoms with Crippen LogP contribution in [0, 0.1) is 0 Å². The fourth-order valence-corrected chi connectivity index (χ4v) is 5.09. The second kappa shape index (κ2) is 20.5. The van der Waals surface area contributed by atoms with Crippen LogP contribution >= 0.6 is 11.3 Å². The molecule has 37 heavy (non-hydrogen) atoms. The molecule has 1 aliphatic carbocycles. The molecular formula is C32H47N3OS. The molecule has 1 aliphatic rings. The summed E-state index contributed by atoms with van der Waals surface area (Å²) in [6.07, 6.45) is 37.9. The largest absolute Gasteiger partial charge is 0.314 e. The zero-order valence-electron chi connectivity index (χ0n) is 23.0. The summed E-state index contributed by atoms with van der Waals surface area (Å²) >= 11 is 1.64. The first-order valence-electron chi connectivity index (χ1n) is 14.1. The molecule has 4 nitrogen and oxygen atoms in total. The summed E-state index contributed by atoms with van der Waals surface area (Å²) < 4.78 is 0. The average Bonchev–Trinajstić information content (AvgIpc) is 3.30. The van der Waals surface area contributed by atoms with Gasteiger partial charge in [0.2, 0.25) is 5.91 Å². The Morgan fingerprint density at radius 2 is 1.43 bits per heavy atom. The molecule has 0 unspecified atom stereocenters. The maximum absolute atomic E-state index is 12.3. The Morgan fingerprint density at radius 1 is 0.865 bits per heavy atom. The number of rotatable bonds is 18. The Hall–Kier alpha value is -2.50. The van der Waals surface area contributed by atoms with Gasteiger partial charge >= 0.3 is 0 Å². The zero-order valence-corrected chi connectivity index (χ0v) is 23.8. The summed E-state index contributed by atoms with van der Waals surface area (Å²) in [5, 5.41) is 7.37. The highest BCUT2D eigenvalue weighted by Crippen LogP contribution is 2.30. The van der Waals surface area contributed by atoms with Crippen molar-refractivity contribution in [2.45, 2.75) is 96.9 Å². The highest BCUT2D eigenvalue weighted by molar-refractivity contribution is 7.15. The maximum Gasteiger partial charge on any atom is 0.226 e. The van der Waals surface area contributed by atoms with E-state index in [0.29, 0.717) is 12.5 Å². The van der Waals surface area contributed by atoms with E-state index in [2.05, 4.69) is 102 Å². The first-order valence-corrected chi connectivity index (χ1v) is 15.0. The van der Waals surface area contributed by atoms with Crippen molar-refractivity contribution in [2.24, 2.45) is 0 Å². The molecule has 202 valence electrons. The van der Waals surface area contributed by atoms with E-state index in [1.54, 1.807) is 11.3 Å². The summed E-state index contributed by atoms with van der Waals surface area (Å²) in [5.41, 5.74) is 1.17. The molecule has 5 heteroatoms. The SMILES string of the molecule is CCC=CCC=CCC=CCC=CCC=CCC=CCCC(=O)Nc1nc2c(s1)C[C@H](NCCC)CC2. The number of anilines is 1. The monoisotopic (exact) mass is 521 g/mol. The number of nitrogens with one attached hydrogen (secondary N) is 2. The van der Waals surface area contributed by atoms with Gasteiger partial charge in [0.15, 0.2) is 5.13 Å². The van der Waals surface area contributed by atoms with Crippen LogP contribution in [0.15, 0.2) is 72.9 Å². The molecule has 0 saturated heterocycles. The topological polar surface area (TPSA) is 54.0 Å². The van der Waals surface area contributed by atoms with Crippen LogP contribution in [0.2, 0.25) is 0 Å². The highest BCUT2D eigenvalue weighted by atomic mass is 32.1. The summed E-state index contributed by atoms with van der Waals surface area (Å²) in [4.78, 5) is 18.3. The second-order valence-corrected chi connectivity index (χ2v) is 10.4.